The molecular weight excluding hydrogens is 282 g/mol. The fourth-order valence-corrected chi connectivity index (χ4v) is 2.38. The molecule has 1 N–H and O–H groups in total. The Hall–Kier alpha value is -1.10. The monoisotopic (exact) mass is 297 g/mol. The van der Waals surface area contributed by atoms with E-state index in [1.54, 1.807) is 13.1 Å². The summed E-state index contributed by atoms with van der Waals surface area (Å²) >= 11 is 3.38. The Labute approximate surface area is 110 Å². The first-order valence-corrected chi connectivity index (χ1v) is 6.58. The highest BCUT2D eigenvalue weighted by molar-refractivity contribution is 9.10. The Morgan fingerprint density at radius 1 is 1.59 bits per heavy atom. The van der Waals surface area contributed by atoms with Gasteiger partial charge in [0, 0.05) is 36.7 Å². The fraction of sp³-hybridized carbons (Fsp3) is 0.500. The number of carbonyl (C=O) groups is 1. The van der Waals surface area contributed by atoms with Crippen LogP contribution in [0.25, 0.3) is 0 Å². The van der Waals surface area contributed by atoms with E-state index >= 15 is 0 Å². The number of nitrogens with one attached hydrogen (secondary N) is 1. The van der Waals surface area contributed by atoms with Gasteiger partial charge in [-0.15, -0.1) is 0 Å². The molecule has 1 aliphatic heterocycles. The molecule has 1 saturated heterocycles. The van der Waals surface area contributed by atoms with E-state index in [0.717, 1.165) is 36.2 Å². The second-order valence-corrected chi connectivity index (χ2v) is 5.24. The van der Waals surface area contributed by atoms with Crippen molar-refractivity contribution in [1.29, 1.82) is 0 Å². The first kappa shape index (κ1) is 12.4. The first-order chi connectivity index (χ1) is 8.15. The lowest BCUT2D eigenvalue weighted by Crippen LogP contribution is -2.47. The maximum atomic E-state index is 11.0. The number of carbonyl (C=O) groups excluding carboxylic acids is 1. The van der Waals surface area contributed by atoms with Gasteiger partial charge in [-0.1, -0.05) is 0 Å². The molecule has 1 aromatic rings. The molecule has 92 valence electrons. The summed E-state index contributed by atoms with van der Waals surface area (Å²) in [6.45, 7) is 3.41. The number of amides is 1. The minimum absolute atomic E-state index is 0.0422. The Bertz CT molecular complexity index is 393. The Kier molecular flexibility index (Phi) is 3.99. The number of aromatic nitrogens is 1. The van der Waals surface area contributed by atoms with Gasteiger partial charge in [0.15, 0.2) is 0 Å². The first-order valence-electron chi connectivity index (χ1n) is 5.79. The number of hydrogen-bond donors (Lipinski definition) is 1. The maximum absolute atomic E-state index is 11.0. The molecule has 1 atom stereocenters. The summed E-state index contributed by atoms with van der Waals surface area (Å²) < 4.78 is 0.983. The van der Waals surface area contributed by atoms with Gasteiger partial charge in [-0.3, -0.25) is 4.79 Å². The topological polar surface area (TPSA) is 45.2 Å². The molecule has 0 saturated carbocycles. The molecule has 1 aliphatic rings. The van der Waals surface area contributed by atoms with Crippen molar-refractivity contribution in [2.45, 2.75) is 25.8 Å². The molecule has 0 radical (unpaired) electrons. The van der Waals surface area contributed by atoms with Crippen LogP contribution in [0.5, 0.6) is 0 Å². The van der Waals surface area contributed by atoms with Crippen LogP contribution in [0.1, 0.15) is 19.8 Å². The molecule has 0 aliphatic carbocycles. The van der Waals surface area contributed by atoms with Gasteiger partial charge in [0.25, 0.3) is 0 Å². The lowest BCUT2D eigenvalue weighted by molar-refractivity contribution is -0.119. The van der Waals surface area contributed by atoms with Crippen LogP contribution in [0, 0.1) is 0 Å². The minimum Gasteiger partial charge on any atom is -0.355 e. The molecule has 4 nitrogen and oxygen atoms in total. The molecule has 2 heterocycles. The predicted octanol–water partition coefficient (Wildman–Crippen LogP) is 1.95. The number of pyridine rings is 1. The van der Waals surface area contributed by atoms with Gasteiger partial charge in [0.1, 0.15) is 5.82 Å². The molecule has 0 bridgehead atoms. The zero-order valence-corrected chi connectivity index (χ0v) is 11.4. The van der Waals surface area contributed by atoms with Gasteiger partial charge in [-0.25, -0.2) is 4.98 Å². The van der Waals surface area contributed by atoms with Crippen LogP contribution < -0.4 is 10.2 Å². The number of nitrogens with zero attached hydrogens (tertiary/aromatic N) is 2. The van der Waals surface area contributed by atoms with E-state index in [4.69, 9.17) is 0 Å². The average molecular weight is 298 g/mol. The van der Waals surface area contributed by atoms with Crippen molar-refractivity contribution in [2.24, 2.45) is 0 Å². The summed E-state index contributed by atoms with van der Waals surface area (Å²) in [5.74, 6) is 1.02. The van der Waals surface area contributed by atoms with Crippen molar-refractivity contribution in [3.8, 4) is 0 Å². The van der Waals surface area contributed by atoms with E-state index < -0.39 is 0 Å². The van der Waals surface area contributed by atoms with Crippen molar-refractivity contribution in [2.75, 3.05) is 18.0 Å². The van der Waals surface area contributed by atoms with Gasteiger partial charge in [-0.05, 0) is 40.9 Å². The number of halogens is 1. The summed E-state index contributed by atoms with van der Waals surface area (Å²) in [5, 5.41) is 2.98. The highest BCUT2D eigenvalue weighted by Crippen LogP contribution is 2.19. The molecule has 2 rings (SSSR count). The van der Waals surface area contributed by atoms with Crippen molar-refractivity contribution >= 4 is 27.7 Å². The Morgan fingerprint density at radius 3 is 3.06 bits per heavy atom. The summed E-state index contributed by atoms with van der Waals surface area (Å²) in [4.78, 5) is 17.6. The summed E-state index contributed by atoms with van der Waals surface area (Å²) in [5.41, 5.74) is 0. The van der Waals surface area contributed by atoms with Gasteiger partial charge in [0.2, 0.25) is 5.91 Å². The molecular formula is C12H16BrN3O. The third-order valence-corrected chi connectivity index (χ3v) is 3.33. The molecule has 0 spiro atoms. The van der Waals surface area contributed by atoms with E-state index in [1.807, 2.05) is 12.1 Å². The third kappa shape index (κ3) is 3.43. The molecule has 17 heavy (non-hydrogen) atoms. The molecule has 1 aromatic heterocycles. The second-order valence-electron chi connectivity index (χ2n) is 4.32. The number of hydrogen-bond acceptors (Lipinski definition) is 3. The SMILES string of the molecule is CC(=O)NC1CCCN(c2ccc(Br)cn2)C1. The summed E-state index contributed by atoms with van der Waals surface area (Å²) in [6.07, 6.45) is 3.94. The highest BCUT2D eigenvalue weighted by atomic mass is 79.9. The number of rotatable bonds is 2. The second kappa shape index (κ2) is 5.49. The predicted molar refractivity (Wildman–Crippen MR) is 71.0 cm³/mol. The van der Waals surface area contributed by atoms with Gasteiger partial charge in [-0.2, -0.15) is 0 Å². The van der Waals surface area contributed by atoms with E-state index in [-0.39, 0.29) is 11.9 Å². The van der Waals surface area contributed by atoms with Crippen LogP contribution in [0.2, 0.25) is 0 Å². The van der Waals surface area contributed by atoms with Crippen LogP contribution >= 0.6 is 15.9 Å². The van der Waals surface area contributed by atoms with Gasteiger partial charge < -0.3 is 10.2 Å². The number of piperidine rings is 1. The summed E-state index contributed by atoms with van der Waals surface area (Å²) in [7, 11) is 0. The van der Waals surface area contributed by atoms with Crippen molar-refractivity contribution < 1.29 is 4.79 Å². The lowest BCUT2D eigenvalue weighted by atomic mass is 10.1. The largest absolute Gasteiger partial charge is 0.355 e. The van der Waals surface area contributed by atoms with Crippen LogP contribution in [0.3, 0.4) is 0 Å². The molecule has 1 amide bonds. The van der Waals surface area contributed by atoms with Gasteiger partial charge in [0.05, 0.1) is 0 Å². The van der Waals surface area contributed by atoms with Crippen LogP contribution in [-0.4, -0.2) is 30.0 Å². The van der Waals surface area contributed by atoms with Crippen LogP contribution in [0.15, 0.2) is 22.8 Å². The van der Waals surface area contributed by atoms with Crippen molar-refractivity contribution in [3.63, 3.8) is 0 Å². The van der Waals surface area contributed by atoms with Gasteiger partial charge >= 0.3 is 0 Å². The molecule has 5 heteroatoms. The normalized spacial score (nSPS) is 20.1. The van der Waals surface area contributed by atoms with E-state index in [2.05, 4.69) is 31.1 Å². The van der Waals surface area contributed by atoms with E-state index in [1.165, 1.54) is 0 Å². The highest BCUT2D eigenvalue weighted by Gasteiger charge is 2.21. The zero-order chi connectivity index (χ0) is 12.3. The van der Waals surface area contributed by atoms with E-state index in [9.17, 15) is 4.79 Å². The van der Waals surface area contributed by atoms with Crippen molar-refractivity contribution in [3.05, 3.63) is 22.8 Å². The smallest absolute Gasteiger partial charge is 0.217 e. The maximum Gasteiger partial charge on any atom is 0.217 e. The quantitative estimate of drug-likeness (QED) is 0.907. The number of anilines is 1. The Morgan fingerprint density at radius 2 is 2.41 bits per heavy atom. The molecule has 1 unspecified atom stereocenters. The average Bonchev–Trinajstić information content (AvgIpc) is 2.29. The standard InChI is InChI=1S/C12H16BrN3O/c1-9(17)15-11-3-2-6-16(8-11)12-5-4-10(13)7-14-12/h4-5,7,11H,2-3,6,8H2,1H3,(H,15,17). The lowest BCUT2D eigenvalue weighted by Gasteiger charge is -2.33. The fourth-order valence-electron chi connectivity index (χ4n) is 2.15. The van der Waals surface area contributed by atoms with Crippen LogP contribution in [0.4, 0.5) is 5.82 Å². The minimum atomic E-state index is 0.0422. The summed E-state index contributed by atoms with van der Waals surface area (Å²) in [6, 6.07) is 4.23. The Balaban J connectivity index is 2.01. The molecule has 1 fully saturated rings. The van der Waals surface area contributed by atoms with Crippen molar-refractivity contribution in [1.82, 2.24) is 10.3 Å². The zero-order valence-electron chi connectivity index (χ0n) is 9.82. The van der Waals surface area contributed by atoms with E-state index in [0.29, 0.717) is 0 Å². The van der Waals surface area contributed by atoms with Crippen LogP contribution in [-0.2, 0) is 4.79 Å². The third-order valence-electron chi connectivity index (χ3n) is 2.86. The molecule has 0 aromatic carbocycles.